The van der Waals surface area contributed by atoms with Crippen molar-refractivity contribution in [2.45, 2.75) is 43.4 Å². The first kappa shape index (κ1) is 16.2. The second-order valence-corrected chi connectivity index (χ2v) is 6.70. The Kier molecular flexibility index (Phi) is 5.41. The van der Waals surface area contributed by atoms with E-state index in [2.05, 4.69) is 15.9 Å². The van der Waals surface area contributed by atoms with Gasteiger partial charge in [-0.3, -0.25) is 0 Å². The number of alkyl halides is 4. The Morgan fingerprint density at radius 1 is 1.20 bits per heavy atom. The monoisotopic (exact) mass is 368 g/mol. The molecule has 1 aromatic rings. The lowest BCUT2D eigenvalue weighted by Gasteiger charge is -2.28. The predicted molar refractivity (Wildman–Crippen MR) is 79.3 cm³/mol. The van der Waals surface area contributed by atoms with Gasteiger partial charge in [0.15, 0.2) is 0 Å². The molecule has 5 heteroatoms. The zero-order valence-corrected chi connectivity index (χ0v) is 13.4. The van der Waals surface area contributed by atoms with Crippen molar-refractivity contribution in [1.82, 2.24) is 0 Å². The van der Waals surface area contributed by atoms with Crippen LogP contribution in [0, 0.1) is 11.7 Å². The van der Waals surface area contributed by atoms with Gasteiger partial charge in [-0.1, -0.05) is 22.0 Å². The maximum Gasteiger partial charge on any atom is 0.351 e. The fourth-order valence-electron chi connectivity index (χ4n) is 2.95. The number of hydrogen-bond acceptors (Lipinski definition) is 0. The molecule has 112 valence electrons. The Hall–Kier alpha value is -0.220. The highest BCUT2D eigenvalue weighted by Gasteiger charge is 2.32. The van der Waals surface area contributed by atoms with Crippen LogP contribution in [0.4, 0.5) is 13.2 Å². The molecule has 0 aliphatic heterocycles. The highest BCUT2D eigenvalue weighted by atomic mass is 79.9. The fraction of sp³-hybridized carbons (Fsp3) is 0.600. The summed E-state index contributed by atoms with van der Waals surface area (Å²) in [5.74, 6) is 0.0843. The number of benzene rings is 1. The van der Waals surface area contributed by atoms with Crippen molar-refractivity contribution in [2.75, 3.05) is 5.33 Å². The second-order valence-electron chi connectivity index (χ2n) is 5.43. The van der Waals surface area contributed by atoms with Crippen molar-refractivity contribution in [1.29, 1.82) is 0 Å². The zero-order valence-electron chi connectivity index (χ0n) is 11.0. The van der Waals surface area contributed by atoms with Crippen molar-refractivity contribution < 1.29 is 13.2 Å². The summed E-state index contributed by atoms with van der Waals surface area (Å²) in [7, 11) is 0. The minimum Gasteiger partial charge on any atom is -0.206 e. The number of halogens is 5. The van der Waals surface area contributed by atoms with E-state index in [9.17, 15) is 13.2 Å². The molecule has 0 unspecified atom stereocenters. The maximum absolute atomic E-state index is 13.7. The summed E-state index contributed by atoms with van der Waals surface area (Å²) in [6, 6.07) is 3.92. The van der Waals surface area contributed by atoms with Crippen molar-refractivity contribution >= 4 is 27.5 Å². The largest absolute Gasteiger partial charge is 0.351 e. The van der Waals surface area contributed by atoms with Crippen LogP contribution in [0.3, 0.4) is 0 Å². The van der Waals surface area contributed by atoms with Crippen LogP contribution in [0.2, 0.25) is 0 Å². The Balaban J connectivity index is 2.06. The summed E-state index contributed by atoms with van der Waals surface area (Å²) in [5, 5.41) is -2.63. The van der Waals surface area contributed by atoms with Crippen LogP contribution in [0.25, 0.3) is 0 Å². The van der Waals surface area contributed by atoms with Crippen LogP contribution in [-0.2, 0) is 5.38 Å². The van der Waals surface area contributed by atoms with Gasteiger partial charge in [0.2, 0.25) is 0 Å². The van der Waals surface area contributed by atoms with Crippen LogP contribution in [0.1, 0.15) is 49.1 Å². The minimum atomic E-state index is -3.64. The molecule has 0 bridgehead atoms. The first-order valence-corrected chi connectivity index (χ1v) is 8.34. The van der Waals surface area contributed by atoms with Gasteiger partial charge in [0, 0.05) is 5.33 Å². The summed E-state index contributed by atoms with van der Waals surface area (Å²) in [5.41, 5.74) is 0.0698. The third-order valence-corrected chi connectivity index (χ3v) is 4.80. The third-order valence-electron chi connectivity index (χ3n) is 4.13. The number of rotatable bonds is 4. The van der Waals surface area contributed by atoms with E-state index in [4.69, 9.17) is 11.6 Å². The van der Waals surface area contributed by atoms with Gasteiger partial charge < -0.3 is 0 Å². The summed E-state index contributed by atoms with van der Waals surface area (Å²) in [6.07, 6.45) is 5.39. The molecule has 0 radical (unpaired) electrons. The molecule has 1 aliphatic rings. The van der Waals surface area contributed by atoms with E-state index in [0.29, 0.717) is 0 Å². The van der Waals surface area contributed by atoms with Crippen LogP contribution in [0.5, 0.6) is 0 Å². The predicted octanol–water partition coefficient (Wildman–Crippen LogP) is 6.17. The van der Waals surface area contributed by atoms with Crippen LogP contribution in [0.15, 0.2) is 18.2 Å². The summed E-state index contributed by atoms with van der Waals surface area (Å²) >= 11 is 8.33. The van der Waals surface area contributed by atoms with E-state index in [-0.39, 0.29) is 5.92 Å². The molecule has 1 fully saturated rings. The molecule has 0 spiro atoms. The van der Waals surface area contributed by atoms with Crippen LogP contribution in [-0.4, -0.2) is 5.33 Å². The fourth-order valence-corrected chi connectivity index (χ4v) is 3.75. The summed E-state index contributed by atoms with van der Waals surface area (Å²) in [4.78, 5) is 0. The maximum atomic E-state index is 13.7. The minimum absolute atomic E-state index is 0.272. The molecule has 1 aliphatic carbocycles. The summed E-state index contributed by atoms with van der Waals surface area (Å²) < 4.78 is 39.6. The van der Waals surface area contributed by atoms with E-state index in [0.717, 1.165) is 48.6 Å². The Morgan fingerprint density at radius 3 is 2.35 bits per heavy atom. The van der Waals surface area contributed by atoms with Crippen LogP contribution < -0.4 is 0 Å². The van der Waals surface area contributed by atoms with Crippen molar-refractivity contribution in [2.24, 2.45) is 5.92 Å². The molecule has 1 saturated carbocycles. The zero-order chi connectivity index (χ0) is 14.8. The SMILES string of the molecule is Fc1cc([C@H]2CC[C@H](CCBr)CC2)ccc1C(F)(F)Cl. The number of hydrogen-bond donors (Lipinski definition) is 0. The third kappa shape index (κ3) is 3.91. The molecule has 20 heavy (non-hydrogen) atoms. The molecule has 0 aromatic heterocycles. The Morgan fingerprint density at radius 2 is 1.85 bits per heavy atom. The van der Waals surface area contributed by atoms with E-state index in [1.54, 1.807) is 6.07 Å². The smallest absolute Gasteiger partial charge is 0.206 e. The molecule has 0 amide bonds. The van der Waals surface area contributed by atoms with Crippen molar-refractivity contribution in [3.63, 3.8) is 0 Å². The molecule has 0 saturated heterocycles. The van der Waals surface area contributed by atoms with E-state index in [1.165, 1.54) is 12.5 Å². The molecule has 0 N–H and O–H groups in total. The molecule has 0 atom stereocenters. The van der Waals surface area contributed by atoms with Gasteiger partial charge in [-0.25, -0.2) is 4.39 Å². The highest BCUT2D eigenvalue weighted by molar-refractivity contribution is 9.09. The lowest BCUT2D eigenvalue weighted by molar-refractivity contribution is 0.0906. The van der Waals surface area contributed by atoms with Gasteiger partial charge >= 0.3 is 5.38 Å². The highest BCUT2D eigenvalue weighted by Crippen LogP contribution is 2.39. The summed E-state index contributed by atoms with van der Waals surface area (Å²) in [6.45, 7) is 0. The van der Waals surface area contributed by atoms with Crippen LogP contribution >= 0.6 is 27.5 Å². The molecule has 2 rings (SSSR count). The van der Waals surface area contributed by atoms with Crippen molar-refractivity contribution in [3.8, 4) is 0 Å². The first-order chi connectivity index (χ1) is 9.41. The Bertz CT molecular complexity index is 451. The standard InChI is InChI=1S/C15H17BrClF3/c16-8-7-10-1-3-11(4-2-10)12-5-6-13(14(18)9-12)15(17,19)20/h5-6,9-11H,1-4,7-8H2/t10-,11-. The van der Waals surface area contributed by atoms with Gasteiger partial charge in [0.1, 0.15) is 5.82 Å². The molecule has 0 nitrogen and oxygen atoms in total. The van der Waals surface area contributed by atoms with Gasteiger partial charge in [0.05, 0.1) is 5.56 Å². The first-order valence-electron chi connectivity index (χ1n) is 6.84. The second kappa shape index (κ2) is 6.69. The van der Waals surface area contributed by atoms with Crippen molar-refractivity contribution in [3.05, 3.63) is 35.1 Å². The molecule has 0 heterocycles. The van der Waals surface area contributed by atoms with E-state index >= 15 is 0 Å². The Labute approximate surface area is 130 Å². The lowest BCUT2D eigenvalue weighted by atomic mass is 9.78. The van der Waals surface area contributed by atoms with Gasteiger partial charge in [-0.05, 0) is 73.2 Å². The quantitative estimate of drug-likeness (QED) is 0.556. The molecule has 1 aromatic carbocycles. The molecular weight excluding hydrogens is 353 g/mol. The van der Waals surface area contributed by atoms with Gasteiger partial charge in [0.25, 0.3) is 0 Å². The topological polar surface area (TPSA) is 0 Å². The van der Waals surface area contributed by atoms with E-state index < -0.39 is 16.8 Å². The van der Waals surface area contributed by atoms with Gasteiger partial charge in [-0.2, -0.15) is 8.78 Å². The average molecular weight is 370 g/mol. The normalized spacial score (nSPS) is 23.9. The van der Waals surface area contributed by atoms with E-state index in [1.807, 2.05) is 0 Å². The average Bonchev–Trinajstić information content (AvgIpc) is 2.38. The van der Waals surface area contributed by atoms with Gasteiger partial charge in [-0.15, -0.1) is 0 Å². The molecular formula is C15H17BrClF3. The lowest BCUT2D eigenvalue weighted by Crippen LogP contribution is -2.14.